The third kappa shape index (κ3) is 3.46. The Balaban J connectivity index is 1.93. The molecule has 0 fully saturated rings. The number of hydrogen-bond acceptors (Lipinski definition) is 4. The first-order valence-electron chi connectivity index (χ1n) is 9.62. The standard InChI is InChI=1S/C25H22N2O3/c1-16-8-9-18(14-17(16)2)26-15-23-21-6-4-5-7-22(21)24(28)27(25(23)29)19-10-12-20(30-3)13-11-19/h4-15,29H,1-3H3. The Kier molecular flexibility index (Phi) is 5.11. The maximum atomic E-state index is 13.1. The van der Waals surface area contributed by atoms with E-state index in [1.165, 1.54) is 10.1 Å². The van der Waals surface area contributed by atoms with Crippen LogP contribution >= 0.6 is 0 Å². The van der Waals surface area contributed by atoms with Gasteiger partial charge >= 0.3 is 0 Å². The quantitative estimate of drug-likeness (QED) is 0.488. The molecule has 0 aliphatic heterocycles. The van der Waals surface area contributed by atoms with Crippen LogP contribution in [-0.4, -0.2) is 23.0 Å². The zero-order valence-electron chi connectivity index (χ0n) is 17.1. The van der Waals surface area contributed by atoms with Crippen LogP contribution in [0, 0.1) is 13.8 Å². The van der Waals surface area contributed by atoms with Crippen molar-refractivity contribution >= 4 is 22.7 Å². The lowest BCUT2D eigenvalue weighted by Crippen LogP contribution is -2.20. The highest BCUT2D eigenvalue weighted by atomic mass is 16.5. The molecular formula is C25H22N2O3. The number of hydrogen-bond donors (Lipinski definition) is 1. The van der Waals surface area contributed by atoms with E-state index in [1.807, 2.05) is 50.2 Å². The minimum atomic E-state index is -0.295. The van der Waals surface area contributed by atoms with Crippen LogP contribution in [0.2, 0.25) is 0 Å². The van der Waals surface area contributed by atoms with Gasteiger partial charge in [0.15, 0.2) is 0 Å². The van der Waals surface area contributed by atoms with Crippen molar-refractivity contribution in [3.8, 4) is 17.3 Å². The van der Waals surface area contributed by atoms with Gasteiger partial charge in [0.25, 0.3) is 5.56 Å². The van der Waals surface area contributed by atoms with E-state index in [0.717, 1.165) is 11.3 Å². The summed E-state index contributed by atoms with van der Waals surface area (Å²) >= 11 is 0. The van der Waals surface area contributed by atoms with Crippen molar-refractivity contribution < 1.29 is 9.84 Å². The minimum Gasteiger partial charge on any atom is -0.497 e. The van der Waals surface area contributed by atoms with E-state index >= 15 is 0 Å². The summed E-state index contributed by atoms with van der Waals surface area (Å²) in [7, 11) is 1.58. The lowest BCUT2D eigenvalue weighted by Gasteiger charge is -2.14. The summed E-state index contributed by atoms with van der Waals surface area (Å²) in [6.07, 6.45) is 1.61. The maximum absolute atomic E-state index is 13.1. The molecule has 0 aliphatic carbocycles. The first-order chi connectivity index (χ1) is 14.5. The number of benzene rings is 3. The molecular weight excluding hydrogens is 376 g/mol. The molecule has 150 valence electrons. The molecule has 0 aliphatic rings. The predicted molar refractivity (Wildman–Crippen MR) is 121 cm³/mol. The van der Waals surface area contributed by atoms with E-state index < -0.39 is 0 Å². The zero-order valence-corrected chi connectivity index (χ0v) is 17.1. The van der Waals surface area contributed by atoms with E-state index in [0.29, 0.717) is 27.8 Å². The van der Waals surface area contributed by atoms with Crippen molar-refractivity contribution in [3.05, 3.63) is 93.8 Å². The number of rotatable bonds is 4. The molecule has 0 unspecified atom stereocenters. The summed E-state index contributed by atoms with van der Waals surface area (Å²) in [5.41, 5.74) is 3.85. The van der Waals surface area contributed by atoms with E-state index in [1.54, 1.807) is 43.7 Å². The number of ether oxygens (including phenoxy) is 1. The Morgan fingerprint density at radius 3 is 2.30 bits per heavy atom. The molecule has 0 amide bonds. The Labute approximate surface area is 174 Å². The number of fused-ring (bicyclic) bond motifs is 1. The molecule has 1 aromatic heterocycles. The Bertz CT molecular complexity index is 1320. The van der Waals surface area contributed by atoms with Gasteiger partial charge in [-0.15, -0.1) is 0 Å². The molecule has 0 saturated carbocycles. The summed E-state index contributed by atoms with van der Waals surface area (Å²) in [5.74, 6) is 0.514. The van der Waals surface area contributed by atoms with E-state index in [9.17, 15) is 9.90 Å². The predicted octanol–water partition coefficient (Wildman–Crippen LogP) is 5.07. The number of nitrogens with zero attached hydrogens (tertiary/aromatic N) is 2. The van der Waals surface area contributed by atoms with Gasteiger partial charge in [-0.05, 0) is 67.4 Å². The number of aryl methyl sites for hydroxylation is 2. The number of aromatic hydroxyl groups is 1. The van der Waals surface area contributed by atoms with Crippen molar-refractivity contribution in [1.82, 2.24) is 4.57 Å². The second-order valence-corrected chi connectivity index (χ2v) is 7.15. The van der Waals surface area contributed by atoms with Crippen molar-refractivity contribution in [2.45, 2.75) is 13.8 Å². The van der Waals surface area contributed by atoms with Gasteiger partial charge in [-0.3, -0.25) is 9.79 Å². The molecule has 30 heavy (non-hydrogen) atoms. The topological polar surface area (TPSA) is 63.8 Å². The molecule has 0 saturated heterocycles. The van der Waals surface area contributed by atoms with Crippen LogP contribution < -0.4 is 10.3 Å². The molecule has 1 N–H and O–H groups in total. The normalized spacial score (nSPS) is 11.3. The average Bonchev–Trinajstić information content (AvgIpc) is 2.76. The number of methoxy groups -OCH3 is 1. The van der Waals surface area contributed by atoms with E-state index in [4.69, 9.17) is 4.74 Å². The number of pyridine rings is 1. The Hall–Kier alpha value is -3.86. The minimum absolute atomic E-state index is 0.156. The highest BCUT2D eigenvalue weighted by molar-refractivity contribution is 6.02. The fourth-order valence-electron chi connectivity index (χ4n) is 3.41. The fraction of sp³-hybridized carbons (Fsp3) is 0.120. The third-order valence-electron chi connectivity index (χ3n) is 5.27. The van der Waals surface area contributed by atoms with Gasteiger partial charge in [-0.25, -0.2) is 4.57 Å². The van der Waals surface area contributed by atoms with Crippen molar-refractivity contribution in [3.63, 3.8) is 0 Å². The van der Waals surface area contributed by atoms with Crippen molar-refractivity contribution in [2.24, 2.45) is 4.99 Å². The van der Waals surface area contributed by atoms with Crippen LogP contribution in [0.15, 0.2) is 76.5 Å². The van der Waals surface area contributed by atoms with Crippen LogP contribution in [0.5, 0.6) is 11.6 Å². The summed E-state index contributed by atoms with van der Waals surface area (Å²) in [6, 6.07) is 20.1. The summed E-state index contributed by atoms with van der Waals surface area (Å²) in [5, 5.41) is 12.2. The molecule has 3 aromatic carbocycles. The van der Waals surface area contributed by atoms with Gasteiger partial charge in [-0.1, -0.05) is 24.3 Å². The number of aliphatic imine (C=N–C) groups is 1. The van der Waals surface area contributed by atoms with Gasteiger partial charge in [0.1, 0.15) is 5.75 Å². The molecule has 5 nitrogen and oxygen atoms in total. The zero-order chi connectivity index (χ0) is 21.3. The fourth-order valence-corrected chi connectivity index (χ4v) is 3.41. The summed E-state index contributed by atoms with van der Waals surface area (Å²) < 4.78 is 6.49. The highest BCUT2D eigenvalue weighted by Crippen LogP contribution is 2.27. The van der Waals surface area contributed by atoms with Crippen LogP contribution in [0.1, 0.15) is 16.7 Å². The first kappa shape index (κ1) is 19.5. The van der Waals surface area contributed by atoms with Gasteiger partial charge in [-0.2, -0.15) is 0 Å². The first-order valence-corrected chi connectivity index (χ1v) is 9.62. The SMILES string of the molecule is COc1ccc(-n2c(O)c(C=Nc3ccc(C)c(C)c3)c3ccccc3c2=O)cc1. The highest BCUT2D eigenvalue weighted by Gasteiger charge is 2.16. The Morgan fingerprint density at radius 2 is 1.63 bits per heavy atom. The van der Waals surface area contributed by atoms with Crippen LogP contribution in [0.3, 0.4) is 0 Å². The van der Waals surface area contributed by atoms with Gasteiger partial charge in [0.2, 0.25) is 5.88 Å². The van der Waals surface area contributed by atoms with Crippen LogP contribution in [0.4, 0.5) is 5.69 Å². The van der Waals surface area contributed by atoms with Crippen molar-refractivity contribution in [1.29, 1.82) is 0 Å². The molecule has 0 radical (unpaired) electrons. The molecule has 4 aromatic rings. The van der Waals surface area contributed by atoms with Crippen LogP contribution in [0.25, 0.3) is 16.5 Å². The average molecular weight is 398 g/mol. The van der Waals surface area contributed by atoms with Gasteiger partial charge in [0.05, 0.1) is 24.0 Å². The molecule has 0 spiro atoms. The molecule has 1 heterocycles. The number of aromatic nitrogens is 1. The summed E-state index contributed by atoms with van der Waals surface area (Å²) in [6.45, 7) is 4.08. The maximum Gasteiger partial charge on any atom is 0.265 e. The monoisotopic (exact) mass is 398 g/mol. The van der Waals surface area contributed by atoms with Crippen LogP contribution in [-0.2, 0) is 0 Å². The van der Waals surface area contributed by atoms with E-state index in [-0.39, 0.29) is 11.4 Å². The van der Waals surface area contributed by atoms with Gasteiger partial charge in [0, 0.05) is 17.0 Å². The molecule has 0 bridgehead atoms. The second-order valence-electron chi connectivity index (χ2n) is 7.15. The molecule has 4 rings (SSSR count). The third-order valence-corrected chi connectivity index (χ3v) is 5.27. The smallest absolute Gasteiger partial charge is 0.265 e. The lowest BCUT2D eigenvalue weighted by atomic mass is 10.1. The van der Waals surface area contributed by atoms with E-state index in [2.05, 4.69) is 4.99 Å². The largest absolute Gasteiger partial charge is 0.497 e. The summed E-state index contributed by atoms with van der Waals surface area (Å²) in [4.78, 5) is 17.7. The second kappa shape index (κ2) is 7.87. The lowest BCUT2D eigenvalue weighted by molar-refractivity contribution is 0.414. The van der Waals surface area contributed by atoms with Crippen molar-refractivity contribution in [2.75, 3.05) is 7.11 Å². The molecule has 0 atom stereocenters. The van der Waals surface area contributed by atoms with Gasteiger partial charge < -0.3 is 9.84 Å². The Morgan fingerprint density at radius 1 is 0.933 bits per heavy atom. The molecule has 5 heteroatoms.